The largest absolute Gasteiger partial charge is 0.491 e. The molecule has 9 heteroatoms. The summed E-state index contributed by atoms with van der Waals surface area (Å²) < 4.78 is 11.5. The van der Waals surface area contributed by atoms with E-state index in [1.165, 1.54) is 0 Å². The number of aliphatic imine (C=N–C) groups is 1. The van der Waals surface area contributed by atoms with Crippen molar-refractivity contribution >= 4 is 17.3 Å². The first-order valence-electron chi connectivity index (χ1n) is 10.0. The number of hydrogen-bond acceptors (Lipinski definition) is 8. The van der Waals surface area contributed by atoms with E-state index in [2.05, 4.69) is 37.5 Å². The summed E-state index contributed by atoms with van der Waals surface area (Å²) in [5, 5.41) is 6.31. The molecule has 9 nitrogen and oxygen atoms in total. The van der Waals surface area contributed by atoms with E-state index in [4.69, 9.17) is 15.2 Å². The van der Waals surface area contributed by atoms with Crippen molar-refractivity contribution in [2.24, 2.45) is 10.7 Å². The zero-order valence-electron chi connectivity index (χ0n) is 17.9. The summed E-state index contributed by atoms with van der Waals surface area (Å²) in [7, 11) is 1.81. The van der Waals surface area contributed by atoms with Crippen LogP contribution in [0.15, 0.2) is 53.9 Å². The highest BCUT2D eigenvalue weighted by Gasteiger charge is 2.10. The number of likely N-dealkylation sites (N-methyl/N-ethyl adjacent to an activating group) is 1. The van der Waals surface area contributed by atoms with Gasteiger partial charge in [0.15, 0.2) is 5.82 Å². The van der Waals surface area contributed by atoms with Crippen LogP contribution in [0.1, 0.15) is 18.2 Å². The van der Waals surface area contributed by atoms with Crippen molar-refractivity contribution in [3.8, 4) is 17.4 Å². The lowest BCUT2D eigenvalue weighted by molar-refractivity contribution is 0.313. The van der Waals surface area contributed by atoms with Crippen molar-refractivity contribution in [2.45, 2.75) is 13.8 Å². The highest BCUT2D eigenvalue weighted by molar-refractivity contribution is 6.03. The Morgan fingerprint density at radius 1 is 1.06 bits per heavy atom. The topological polar surface area (TPSA) is 120 Å². The fourth-order valence-electron chi connectivity index (χ4n) is 2.69. The number of ether oxygens (including phenoxy) is 2. The number of aromatic nitrogens is 3. The minimum Gasteiger partial charge on any atom is -0.491 e. The van der Waals surface area contributed by atoms with Crippen LogP contribution in [-0.4, -0.2) is 47.5 Å². The van der Waals surface area contributed by atoms with Gasteiger partial charge in [-0.2, -0.15) is 0 Å². The maximum atomic E-state index is 6.24. The van der Waals surface area contributed by atoms with Gasteiger partial charge >= 0.3 is 0 Å². The molecule has 0 bridgehead atoms. The van der Waals surface area contributed by atoms with Crippen LogP contribution in [-0.2, 0) is 0 Å². The number of benzene rings is 1. The smallest absolute Gasteiger partial charge is 0.219 e. The van der Waals surface area contributed by atoms with E-state index in [0.29, 0.717) is 41.2 Å². The second-order valence-corrected chi connectivity index (χ2v) is 6.61. The Bertz CT molecular complexity index is 1010. The zero-order valence-corrected chi connectivity index (χ0v) is 17.9. The number of pyridine rings is 1. The molecule has 31 heavy (non-hydrogen) atoms. The molecule has 0 amide bonds. The van der Waals surface area contributed by atoms with Crippen LogP contribution in [0.3, 0.4) is 0 Å². The molecule has 3 rings (SSSR count). The number of rotatable bonds is 10. The number of amidine groups is 1. The Balaban J connectivity index is 1.73. The molecule has 3 aromatic rings. The average Bonchev–Trinajstić information content (AvgIpc) is 2.79. The van der Waals surface area contributed by atoms with Crippen molar-refractivity contribution in [3.05, 3.63) is 60.2 Å². The fourth-order valence-corrected chi connectivity index (χ4v) is 2.69. The lowest BCUT2D eigenvalue weighted by Gasteiger charge is -2.12. The molecule has 2 heterocycles. The third kappa shape index (κ3) is 6.38. The summed E-state index contributed by atoms with van der Waals surface area (Å²) in [5.41, 5.74) is 8.55. The summed E-state index contributed by atoms with van der Waals surface area (Å²) in [6, 6.07) is 9.08. The molecule has 0 unspecified atom stereocenters. The molecule has 0 spiro atoms. The molecule has 0 atom stereocenters. The van der Waals surface area contributed by atoms with E-state index in [1.54, 1.807) is 30.7 Å². The van der Waals surface area contributed by atoms with Gasteiger partial charge in [-0.3, -0.25) is 4.98 Å². The summed E-state index contributed by atoms with van der Waals surface area (Å²) in [6.07, 6.45) is 4.85. The third-order valence-electron chi connectivity index (χ3n) is 4.27. The molecular formula is C22H27N7O2. The van der Waals surface area contributed by atoms with E-state index in [1.807, 2.05) is 32.2 Å². The molecule has 0 aliphatic rings. The predicted octanol–water partition coefficient (Wildman–Crippen LogP) is 3.04. The number of hydrogen-bond donors (Lipinski definition) is 3. The van der Waals surface area contributed by atoms with Crippen LogP contribution in [0, 0.1) is 6.92 Å². The molecule has 0 radical (unpaired) electrons. The molecule has 162 valence electrons. The van der Waals surface area contributed by atoms with Gasteiger partial charge in [0, 0.05) is 30.9 Å². The SMILES string of the molecule is CCNCCOc1ccc(Oc2ccc(NC)c(C(N)=Nc3cnc(C)cn3)c2)nc1. The van der Waals surface area contributed by atoms with Crippen LogP contribution >= 0.6 is 0 Å². The normalized spacial score (nSPS) is 11.3. The van der Waals surface area contributed by atoms with Gasteiger partial charge in [-0.1, -0.05) is 6.92 Å². The maximum Gasteiger partial charge on any atom is 0.219 e. The minimum absolute atomic E-state index is 0.297. The number of nitrogens with zero attached hydrogens (tertiary/aromatic N) is 4. The van der Waals surface area contributed by atoms with E-state index >= 15 is 0 Å². The lowest BCUT2D eigenvalue weighted by atomic mass is 10.1. The molecule has 0 aliphatic heterocycles. The van der Waals surface area contributed by atoms with E-state index < -0.39 is 0 Å². The Labute approximate surface area is 181 Å². The van der Waals surface area contributed by atoms with Gasteiger partial charge in [-0.15, -0.1) is 0 Å². The van der Waals surface area contributed by atoms with Crippen molar-refractivity contribution in [1.29, 1.82) is 0 Å². The molecule has 0 saturated carbocycles. The fraction of sp³-hybridized carbons (Fsp3) is 0.273. The molecule has 1 aromatic carbocycles. The first kappa shape index (κ1) is 22.0. The van der Waals surface area contributed by atoms with Crippen molar-refractivity contribution < 1.29 is 9.47 Å². The Kier molecular flexibility index (Phi) is 7.72. The van der Waals surface area contributed by atoms with E-state index in [0.717, 1.165) is 24.5 Å². The third-order valence-corrected chi connectivity index (χ3v) is 4.27. The van der Waals surface area contributed by atoms with Gasteiger partial charge in [0.25, 0.3) is 0 Å². The maximum absolute atomic E-state index is 6.24. The quantitative estimate of drug-likeness (QED) is 0.260. The van der Waals surface area contributed by atoms with E-state index in [9.17, 15) is 0 Å². The first-order chi connectivity index (χ1) is 15.1. The monoisotopic (exact) mass is 421 g/mol. The van der Waals surface area contributed by atoms with Crippen molar-refractivity contribution in [2.75, 3.05) is 32.1 Å². The number of anilines is 1. The summed E-state index contributed by atoms with van der Waals surface area (Å²) in [6.45, 7) is 6.19. The summed E-state index contributed by atoms with van der Waals surface area (Å²) in [4.78, 5) is 17.1. The molecule has 2 aromatic heterocycles. The van der Waals surface area contributed by atoms with Crippen LogP contribution in [0.4, 0.5) is 11.5 Å². The summed E-state index contributed by atoms with van der Waals surface area (Å²) >= 11 is 0. The Morgan fingerprint density at radius 2 is 1.90 bits per heavy atom. The van der Waals surface area contributed by atoms with Crippen molar-refractivity contribution in [3.63, 3.8) is 0 Å². The molecule has 0 fully saturated rings. The van der Waals surface area contributed by atoms with Gasteiger partial charge in [0.1, 0.15) is 23.9 Å². The van der Waals surface area contributed by atoms with Crippen LogP contribution in [0.25, 0.3) is 0 Å². The van der Waals surface area contributed by atoms with Crippen molar-refractivity contribution in [1.82, 2.24) is 20.3 Å². The number of nitrogens with one attached hydrogen (secondary N) is 2. The Morgan fingerprint density at radius 3 is 2.58 bits per heavy atom. The molecular weight excluding hydrogens is 394 g/mol. The standard InChI is InChI=1S/C22H27N7O2/c1-4-25-9-10-30-17-6-8-21(28-13-17)31-16-5-7-19(24-3)18(11-16)22(23)29-20-14-26-15(2)12-27-20/h5-8,11-14,24-25H,4,9-10H2,1-3H3,(H2,23,27,29). The Hall–Kier alpha value is -3.72. The van der Waals surface area contributed by atoms with Gasteiger partial charge in [-0.05, 0) is 37.7 Å². The van der Waals surface area contributed by atoms with E-state index in [-0.39, 0.29) is 0 Å². The molecule has 4 N–H and O–H groups in total. The minimum atomic E-state index is 0.297. The second-order valence-electron chi connectivity index (χ2n) is 6.61. The number of nitrogens with two attached hydrogens (primary N) is 1. The highest BCUT2D eigenvalue weighted by Crippen LogP contribution is 2.26. The van der Waals surface area contributed by atoms with Crippen LogP contribution < -0.4 is 25.8 Å². The number of aryl methyl sites for hydroxylation is 1. The van der Waals surface area contributed by atoms with Gasteiger partial charge < -0.3 is 25.8 Å². The molecule has 0 saturated heterocycles. The average molecular weight is 422 g/mol. The zero-order chi connectivity index (χ0) is 22.1. The highest BCUT2D eigenvalue weighted by atomic mass is 16.5. The van der Waals surface area contributed by atoms with Gasteiger partial charge in [-0.25, -0.2) is 15.0 Å². The predicted molar refractivity (Wildman–Crippen MR) is 121 cm³/mol. The lowest BCUT2D eigenvalue weighted by Crippen LogP contribution is -2.20. The summed E-state index contributed by atoms with van der Waals surface area (Å²) in [5.74, 6) is 2.44. The first-order valence-corrected chi connectivity index (χ1v) is 10.0. The molecule has 0 aliphatic carbocycles. The van der Waals surface area contributed by atoms with Crippen LogP contribution in [0.2, 0.25) is 0 Å². The van der Waals surface area contributed by atoms with Gasteiger partial charge in [0.05, 0.1) is 24.3 Å². The van der Waals surface area contributed by atoms with Gasteiger partial charge in [0.2, 0.25) is 5.88 Å². The van der Waals surface area contributed by atoms with Crippen LogP contribution in [0.5, 0.6) is 17.4 Å². The second kappa shape index (κ2) is 10.9.